The van der Waals surface area contributed by atoms with Gasteiger partial charge in [-0.25, -0.2) is 24.0 Å². The number of esters is 6. The molecule has 0 unspecified atom stereocenters. The van der Waals surface area contributed by atoms with Gasteiger partial charge in [0, 0.05) is 12.5 Å². The first-order chi connectivity index (χ1) is 39.5. The first-order valence-corrected chi connectivity index (χ1v) is 28.2. The van der Waals surface area contributed by atoms with Crippen molar-refractivity contribution < 1.29 is 85.3 Å². The maximum atomic E-state index is 14.7. The summed E-state index contributed by atoms with van der Waals surface area (Å²) in [5.41, 5.74) is 0.293. The molecule has 0 saturated heterocycles. The molecule has 0 radical (unpaired) electrons. The largest absolute Gasteiger partial charge is 0.497 e. The van der Waals surface area contributed by atoms with E-state index in [1.165, 1.54) is 140 Å². The number of methoxy groups -OCH3 is 5. The summed E-state index contributed by atoms with van der Waals surface area (Å²) < 4.78 is 69.4. The second kappa shape index (κ2) is 24.4. The van der Waals surface area contributed by atoms with Crippen molar-refractivity contribution >= 4 is 76.5 Å². The molecular weight excluding hydrogens is 1070 g/mol. The molecule has 0 bridgehead atoms. The number of rotatable bonds is 19. The predicted molar refractivity (Wildman–Crippen MR) is 304 cm³/mol. The van der Waals surface area contributed by atoms with Crippen molar-refractivity contribution in [2.75, 3.05) is 42.7 Å². The number of carbonyl (C=O) groups excluding carboxylic acids is 6. The van der Waals surface area contributed by atoms with Crippen LogP contribution in [0.5, 0.6) is 63.2 Å². The van der Waals surface area contributed by atoms with E-state index in [1.807, 2.05) is 13.1 Å². The summed E-state index contributed by atoms with van der Waals surface area (Å²) in [6.45, 7) is 3.72. The second-order valence-corrected chi connectivity index (χ2v) is 23.0. The molecule has 0 aromatic heterocycles. The molecule has 0 spiro atoms. The van der Waals surface area contributed by atoms with E-state index in [2.05, 4.69) is 0 Å². The molecule has 9 rings (SSSR count). The van der Waals surface area contributed by atoms with E-state index < -0.39 is 61.4 Å². The lowest BCUT2D eigenvalue weighted by atomic mass is 9.92. The monoisotopic (exact) mass is 1120 g/mol. The van der Waals surface area contributed by atoms with E-state index in [-0.39, 0.29) is 83.4 Å². The molecule has 0 aliphatic rings. The summed E-state index contributed by atoms with van der Waals surface area (Å²) in [5, 5.41) is 1.25. The highest BCUT2D eigenvalue weighted by atomic mass is 28.4. The molecule has 416 valence electrons. The van der Waals surface area contributed by atoms with Gasteiger partial charge in [0.05, 0.1) is 69.4 Å². The van der Waals surface area contributed by atoms with Crippen molar-refractivity contribution in [1.82, 2.24) is 0 Å². The van der Waals surface area contributed by atoms with Gasteiger partial charge in [-0.1, -0.05) is 0 Å². The highest BCUT2D eigenvalue weighted by Crippen LogP contribution is 2.52. The first kappa shape index (κ1) is 56.5. The van der Waals surface area contributed by atoms with E-state index in [1.54, 1.807) is 60.7 Å². The van der Waals surface area contributed by atoms with Crippen LogP contribution < -0.4 is 52.1 Å². The third-order valence-corrected chi connectivity index (χ3v) is 15.4. The molecule has 0 atom stereocenters. The quantitative estimate of drug-likeness (QED) is 0.0318. The van der Waals surface area contributed by atoms with Gasteiger partial charge < -0.3 is 56.5 Å². The van der Waals surface area contributed by atoms with Gasteiger partial charge >= 0.3 is 35.8 Å². The van der Waals surface area contributed by atoms with Gasteiger partial charge in [0.25, 0.3) is 0 Å². The smallest absolute Gasteiger partial charge is 0.343 e. The molecule has 0 saturated carbocycles. The molecule has 0 N–H and O–H groups in total. The molecular formula is C63H52O18Si. The fraction of sp³-hybridized carbons (Fsp3) is 0.143. The second-order valence-electron chi connectivity index (χ2n) is 18.7. The molecule has 0 aliphatic heterocycles. The fourth-order valence-electron chi connectivity index (χ4n) is 8.56. The van der Waals surface area contributed by atoms with Gasteiger partial charge in [0.15, 0.2) is 31.3 Å². The van der Waals surface area contributed by atoms with Crippen molar-refractivity contribution in [2.24, 2.45) is 0 Å². The maximum absolute atomic E-state index is 14.7. The third kappa shape index (κ3) is 12.4. The zero-order chi connectivity index (χ0) is 58.2. The molecule has 18 nitrogen and oxygen atoms in total. The lowest BCUT2D eigenvalue weighted by Crippen LogP contribution is -2.33. The Kier molecular flexibility index (Phi) is 16.8. The number of hydrogen-bond donors (Lipinski definition) is 0. The van der Waals surface area contributed by atoms with Gasteiger partial charge in [-0.05, 0) is 198 Å². The molecule has 82 heavy (non-hydrogen) atoms. The Labute approximate surface area is 470 Å². The van der Waals surface area contributed by atoms with E-state index in [9.17, 15) is 28.8 Å². The molecule has 0 fully saturated rings. The summed E-state index contributed by atoms with van der Waals surface area (Å²) in [6.07, 6.45) is 0. The minimum Gasteiger partial charge on any atom is -0.497 e. The Bertz CT molecular complexity index is 3910. The lowest BCUT2D eigenvalue weighted by molar-refractivity contribution is -0.132. The van der Waals surface area contributed by atoms with Crippen LogP contribution >= 0.6 is 0 Å². The summed E-state index contributed by atoms with van der Waals surface area (Å²) in [6, 6.07) is 39.1. The predicted octanol–water partition coefficient (Wildman–Crippen LogP) is 12.0. The van der Waals surface area contributed by atoms with E-state index in [0.717, 1.165) is 0 Å². The SMILES string of the molecule is COc1ccc(C(=O)Oc2cc3c4cc(OC(=O)C[Si](C)(C)OC)ccc4c4c(OC(=O)c5ccc(OC)cc5)c(OC(=O)c5ccc(OC)cc5)c(OC(=O)c5ccc(OC)cc5)cc4c3cc2OC(=O)c2ccc(OC)cc2)cc1. The molecule has 19 heteroatoms. The highest BCUT2D eigenvalue weighted by molar-refractivity contribution is 6.73. The Morgan fingerprint density at radius 3 is 0.988 bits per heavy atom. The van der Waals surface area contributed by atoms with Crippen molar-refractivity contribution in [3.63, 3.8) is 0 Å². The molecule has 9 aromatic carbocycles. The summed E-state index contributed by atoms with van der Waals surface area (Å²) >= 11 is 0. The topological polar surface area (TPSA) is 213 Å². The van der Waals surface area contributed by atoms with Crippen LogP contribution in [0, 0.1) is 0 Å². The summed E-state index contributed by atoms with van der Waals surface area (Å²) in [4.78, 5) is 85.5. The Morgan fingerprint density at radius 2 is 0.622 bits per heavy atom. The number of carbonyl (C=O) groups is 6. The number of ether oxygens (including phenoxy) is 11. The van der Waals surface area contributed by atoms with Gasteiger partial charge in [-0.15, -0.1) is 0 Å². The summed E-state index contributed by atoms with van der Waals surface area (Å²) in [5.74, 6) is -4.74. The average molecular weight is 1130 g/mol. The fourth-order valence-corrected chi connectivity index (χ4v) is 9.47. The van der Waals surface area contributed by atoms with Crippen LogP contribution in [0.25, 0.3) is 32.3 Å². The lowest BCUT2D eigenvalue weighted by Gasteiger charge is -2.21. The van der Waals surface area contributed by atoms with Crippen LogP contribution in [0.1, 0.15) is 51.8 Å². The van der Waals surface area contributed by atoms with E-state index >= 15 is 0 Å². The molecule has 0 amide bonds. The van der Waals surface area contributed by atoms with E-state index in [4.69, 9.17) is 56.5 Å². The van der Waals surface area contributed by atoms with Crippen LogP contribution in [0.2, 0.25) is 19.1 Å². The first-order valence-electron chi connectivity index (χ1n) is 25.1. The molecule has 9 aromatic rings. The highest BCUT2D eigenvalue weighted by Gasteiger charge is 2.31. The summed E-state index contributed by atoms with van der Waals surface area (Å²) in [7, 11) is 6.37. The van der Waals surface area contributed by atoms with Gasteiger partial charge in [0.2, 0.25) is 5.75 Å². The minimum atomic E-state index is -2.51. The number of fused-ring (bicyclic) bond motifs is 6. The van der Waals surface area contributed by atoms with Gasteiger partial charge in [-0.2, -0.15) is 0 Å². The van der Waals surface area contributed by atoms with Crippen LogP contribution in [0.4, 0.5) is 0 Å². The zero-order valence-corrected chi connectivity index (χ0v) is 46.6. The Hall–Kier alpha value is -10.2. The van der Waals surface area contributed by atoms with Crippen molar-refractivity contribution in [1.29, 1.82) is 0 Å². The maximum Gasteiger partial charge on any atom is 0.343 e. The number of hydrogen-bond acceptors (Lipinski definition) is 18. The zero-order valence-electron chi connectivity index (χ0n) is 45.6. The van der Waals surface area contributed by atoms with Crippen molar-refractivity contribution in [3.05, 3.63) is 186 Å². The molecule has 0 aliphatic carbocycles. The Morgan fingerprint density at radius 1 is 0.317 bits per heavy atom. The minimum absolute atomic E-state index is 0.0131. The van der Waals surface area contributed by atoms with Gasteiger partial charge in [0.1, 0.15) is 34.5 Å². The van der Waals surface area contributed by atoms with Crippen LogP contribution in [0.3, 0.4) is 0 Å². The van der Waals surface area contributed by atoms with E-state index in [0.29, 0.717) is 28.7 Å². The average Bonchev–Trinajstić information content (AvgIpc) is 3.22. The van der Waals surface area contributed by atoms with Crippen molar-refractivity contribution in [3.8, 4) is 63.2 Å². The normalized spacial score (nSPS) is 11.1. The van der Waals surface area contributed by atoms with Crippen LogP contribution in [-0.2, 0) is 9.22 Å². The van der Waals surface area contributed by atoms with Crippen LogP contribution in [0.15, 0.2) is 158 Å². The number of benzene rings is 9. The van der Waals surface area contributed by atoms with Gasteiger partial charge in [-0.3, -0.25) is 4.79 Å². The Balaban J connectivity index is 1.37. The third-order valence-electron chi connectivity index (χ3n) is 13.1. The standard InChI is InChI=1S/C63H52O18Si/c1-70-41-19-9-36(10-20-41)59(65)77-52-32-49-48-31-46(76-55(64)35-82(7,8)75-6)29-30-47(48)56-51(50(49)33-53(52)78-60(66)37-11-21-42(71-2)22-12-37)34-54(79-61(67)38-13-23-43(72-3)24-14-38)57(80-62(68)39-15-25-44(73-4)26-16-39)58(56)81-63(69)40-17-27-45(74-5)28-18-40/h9-34H,35H2,1-8H3. The van der Waals surface area contributed by atoms with Crippen LogP contribution in [-0.4, -0.2) is 86.8 Å². The molecule has 0 heterocycles. The van der Waals surface area contributed by atoms with Crippen molar-refractivity contribution in [2.45, 2.75) is 19.1 Å².